The van der Waals surface area contributed by atoms with Crippen LogP contribution in [0.2, 0.25) is 10.0 Å². The molecular formula is C20H16Cl2N4O2S2. The minimum Gasteiger partial charge on any atom is -0.378 e. The predicted molar refractivity (Wildman–Crippen MR) is 122 cm³/mol. The van der Waals surface area contributed by atoms with Crippen molar-refractivity contribution in [2.24, 2.45) is 0 Å². The Morgan fingerprint density at radius 3 is 2.73 bits per heavy atom. The second-order valence-electron chi connectivity index (χ2n) is 6.57. The summed E-state index contributed by atoms with van der Waals surface area (Å²) >= 11 is 15.2. The Bertz CT molecular complexity index is 1150. The third-order valence-corrected chi connectivity index (χ3v) is 7.22. The molecule has 30 heavy (non-hydrogen) atoms. The zero-order chi connectivity index (χ0) is 21.3. The van der Waals surface area contributed by atoms with E-state index in [9.17, 15) is 10.1 Å². The molecule has 1 amide bonds. The van der Waals surface area contributed by atoms with Crippen molar-refractivity contribution in [2.45, 2.75) is 6.92 Å². The monoisotopic (exact) mass is 478 g/mol. The number of ether oxygens (including phenoxy) is 1. The first-order chi connectivity index (χ1) is 14.5. The van der Waals surface area contributed by atoms with E-state index in [-0.39, 0.29) is 5.91 Å². The average Bonchev–Trinajstić information content (AvgIpc) is 3.32. The largest absolute Gasteiger partial charge is 0.378 e. The molecule has 1 N–H and O–H groups in total. The number of morpholine rings is 1. The first-order valence-electron chi connectivity index (χ1n) is 9.06. The molecule has 154 valence electrons. The fourth-order valence-corrected chi connectivity index (χ4v) is 5.59. The number of rotatable bonds is 4. The van der Waals surface area contributed by atoms with Gasteiger partial charge in [0, 0.05) is 39.6 Å². The summed E-state index contributed by atoms with van der Waals surface area (Å²) in [5, 5.41) is 16.8. The highest BCUT2D eigenvalue weighted by Gasteiger charge is 2.29. The zero-order valence-electron chi connectivity index (χ0n) is 15.9. The van der Waals surface area contributed by atoms with Crippen molar-refractivity contribution < 1.29 is 9.53 Å². The summed E-state index contributed by atoms with van der Waals surface area (Å²) in [6.07, 6.45) is 0. The number of aromatic nitrogens is 1. The maximum atomic E-state index is 13.2. The van der Waals surface area contributed by atoms with E-state index in [0.29, 0.717) is 63.0 Å². The zero-order valence-corrected chi connectivity index (χ0v) is 19.0. The number of carbonyl (C=O) groups is 1. The number of nitrogens with zero attached hydrogens (tertiary/aromatic N) is 3. The van der Waals surface area contributed by atoms with Crippen LogP contribution in [0.3, 0.4) is 0 Å². The Morgan fingerprint density at radius 1 is 1.33 bits per heavy atom. The number of amides is 1. The van der Waals surface area contributed by atoms with Gasteiger partial charge in [0.1, 0.15) is 15.9 Å². The van der Waals surface area contributed by atoms with E-state index in [2.05, 4.69) is 21.3 Å². The Kier molecular flexibility index (Phi) is 6.27. The highest BCUT2D eigenvalue weighted by molar-refractivity contribution is 7.19. The lowest BCUT2D eigenvalue weighted by atomic mass is 10.0. The molecule has 1 aromatic carbocycles. The third kappa shape index (κ3) is 4.17. The predicted octanol–water partition coefficient (Wildman–Crippen LogP) is 5.45. The van der Waals surface area contributed by atoms with Gasteiger partial charge in [-0.25, -0.2) is 4.98 Å². The number of halogens is 2. The molecule has 0 aliphatic carbocycles. The summed E-state index contributed by atoms with van der Waals surface area (Å²) in [5.41, 5.74) is 2.35. The Morgan fingerprint density at radius 2 is 2.10 bits per heavy atom. The highest BCUT2D eigenvalue weighted by atomic mass is 35.5. The van der Waals surface area contributed by atoms with Crippen LogP contribution in [0.4, 0.5) is 10.1 Å². The van der Waals surface area contributed by atoms with Crippen LogP contribution in [0.5, 0.6) is 0 Å². The van der Waals surface area contributed by atoms with Crippen molar-refractivity contribution in [1.29, 1.82) is 5.26 Å². The Labute approximate surface area is 191 Å². The molecule has 0 radical (unpaired) electrons. The van der Waals surface area contributed by atoms with Crippen LogP contribution < -0.4 is 10.2 Å². The van der Waals surface area contributed by atoms with Gasteiger partial charge in [0.2, 0.25) is 0 Å². The first-order valence-corrected chi connectivity index (χ1v) is 11.5. The number of anilines is 2. The molecule has 3 heterocycles. The summed E-state index contributed by atoms with van der Waals surface area (Å²) in [6, 6.07) is 7.33. The van der Waals surface area contributed by atoms with Gasteiger partial charge in [-0.3, -0.25) is 10.1 Å². The number of thiazole rings is 1. The molecule has 10 heteroatoms. The normalized spacial score (nSPS) is 13.9. The van der Waals surface area contributed by atoms with Gasteiger partial charge < -0.3 is 9.64 Å². The number of hydrogen-bond acceptors (Lipinski definition) is 7. The lowest BCUT2D eigenvalue weighted by Crippen LogP contribution is -2.36. The smallest absolute Gasteiger partial charge is 0.268 e. The molecule has 3 aromatic rings. The van der Waals surface area contributed by atoms with Crippen LogP contribution >= 0.6 is 45.9 Å². The van der Waals surface area contributed by atoms with E-state index in [0.717, 1.165) is 10.7 Å². The summed E-state index contributed by atoms with van der Waals surface area (Å²) in [5.74, 6) is -0.327. The fourth-order valence-electron chi connectivity index (χ4n) is 3.19. The van der Waals surface area contributed by atoms with Crippen molar-refractivity contribution in [3.05, 3.63) is 49.8 Å². The third-order valence-electron chi connectivity index (χ3n) is 4.55. The van der Waals surface area contributed by atoms with E-state index in [1.165, 1.54) is 22.7 Å². The number of carbonyl (C=O) groups excluding carboxylic acids is 1. The van der Waals surface area contributed by atoms with Gasteiger partial charge in [-0.15, -0.1) is 22.7 Å². The van der Waals surface area contributed by atoms with Gasteiger partial charge in [-0.1, -0.05) is 29.3 Å². The van der Waals surface area contributed by atoms with Crippen molar-refractivity contribution in [3.63, 3.8) is 0 Å². The van der Waals surface area contributed by atoms with Gasteiger partial charge in [0.25, 0.3) is 5.91 Å². The van der Waals surface area contributed by atoms with Crippen molar-refractivity contribution >= 4 is 61.9 Å². The van der Waals surface area contributed by atoms with Crippen LogP contribution in [0, 0.1) is 18.3 Å². The highest BCUT2D eigenvalue weighted by Crippen LogP contribution is 2.45. The second kappa shape index (κ2) is 8.92. The Hall–Kier alpha value is -2.15. The first kappa shape index (κ1) is 21.1. The van der Waals surface area contributed by atoms with Crippen LogP contribution in [0.25, 0.3) is 11.1 Å². The lowest BCUT2D eigenvalue weighted by Gasteiger charge is -2.27. The van der Waals surface area contributed by atoms with Crippen molar-refractivity contribution in [1.82, 2.24) is 4.98 Å². The minimum absolute atomic E-state index is 0.327. The molecule has 6 nitrogen and oxygen atoms in total. The molecule has 4 rings (SSSR count). The van der Waals surface area contributed by atoms with Gasteiger partial charge in [-0.2, -0.15) is 5.26 Å². The quantitative estimate of drug-likeness (QED) is 0.539. The molecule has 0 spiro atoms. The number of nitriles is 1. The topological polar surface area (TPSA) is 78.3 Å². The van der Waals surface area contributed by atoms with Crippen LogP contribution in [-0.4, -0.2) is 37.2 Å². The van der Waals surface area contributed by atoms with Crippen LogP contribution in [0.15, 0.2) is 23.6 Å². The molecular weight excluding hydrogens is 463 g/mol. The van der Waals surface area contributed by atoms with E-state index in [4.69, 9.17) is 27.9 Å². The summed E-state index contributed by atoms with van der Waals surface area (Å²) in [7, 11) is 0. The SMILES string of the molecule is Cc1csc(NC(=O)c2sc(N3CCOCC3)c(C#N)c2-c2ccc(Cl)cc2Cl)n1. The number of nitrogens with one attached hydrogen (secondary N) is 1. The van der Waals surface area contributed by atoms with E-state index in [1.807, 2.05) is 12.3 Å². The molecule has 1 saturated heterocycles. The standard InChI is InChI=1S/C20H16Cl2N4O2S2/c1-11-10-29-20(24-11)25-18(27)17-16(13-3-2-12(21)8-15(13)22)14(9-23)19(30-17)26-4-6-28-7-5-26/h2-3,8,10H,4-7H2,1H3,(H,24,25,27). The van der Waals surface area contributed by atoms with Crippen molar-refractivity contribution in [2.75, 3.05) is 36.5 Å². The maximum absolute atomic E-state index is 13.2. The van der Waals surface area contributed by atoms with Gasteiger partial charge in [0.15, 0.2) is 5.13 Å². The maximum Gasteiger partial charge on any atom is 0.268 e. The number of benzene rings is 1. The van der Waals surface area contributed by atoms with Gasteiger partial charge >= 0.3 is 0 Å². The van der Waals surface area contributed by atoms with Crippen LogP contribution in [0.1, 0.15) is 20.9 Å². The molecule has 0 bridgehead atoms. The molecule has 0 unspecified atom stereocenters. The minimum atomic E-state index is -0.327. The molecule has 1 aliphatic heterocycles. The summed E-state index contributed by atoms with van der Waals surface area (Å²) in [6.45, 7) is 4.30. The number of aryl methyl sites for hydroxylation is 1. The van der Waals surface area contributed by atoms with Gasteiger partial charge in [-0.05, 0) is 19.1 Å². The molecule has 2 aromatic heterocycles. The van der Waals surface area contributed by atoms with E-state index in [1.54, 1.807) is 18.2 Å². The summed E-state index contributed by atoms with van der Waals surface area (Å²) in [4.78, 5) is 20.0. The van der Waals surface area contributed by atoms with E-state index < -0.39 is 0 Å². The lowest BCUT2D eigenvalue weighted by molar-refractivity contribution is 0.103. The molecule has 1 fully saturated rings. The Balaban J connectivity index is 1.85. The molecule has 0 atom stereocenters. The van der Waals surface area contributed by atoms with Gasteiger partial charge in [0.05, 0.1) is 24.5 Å². The fraction of sp³-hybridized carbons (Fsp3) is 0.250. The molecule has 0 saturated carbocycles. The van der Waals surface area contributed by atoms with Crippen molar-refractivity contribution in [3.8, 4) is 17.2 Å². The second-order valence-corrected chi connectivity index (χ2v) is 9.27. The molecule has 1 aliphatic rings. The number of thiophene rings is 1. The number of hydrogen-bond donors (Lipinski definition) is 1. The van der Waals surface area contributed by atoms with Crippen LogP contribution in [-0.2, 0) is 4.74 Å². The summed E-state index contributed by atoms with van der Waals surface area (Å²) < 4.78 is 5.44. The average molecular weight is 479 g/mol. The van der Waals surface area contributed by atoms with E-state index >= 15 is 0 Å².